The highest BCUT2D eigenvalue weighted by Crippen LogP contribution is 2.14. The number of aryl methyl sites for hydroxylation is 1. The molecule has 24 heavy (non-hydrogen) atoms. The number of carbonyl (C=O) groups excluding carboxylic acids is 2. The summed E-state index contributed by atoms with van der Waals surface area (Å²) < 4.78 is 10.2. The molecule has 0 fully saturated rings. The van der Waals surface area contributed by atoms with E-state index in [1.807, 2.05) is 12.1 Å². The number of amides is 1. The Hall–Kier alpha value is -2.53. The minimum Gasteiger partial charge on any atom is -0.482 e. The summed E-state index contributed by atoms with van der Waals surface area (Å²) in [5.74, 6) is -0.464. The first kappa shape index (κ1) is 17.8. The average Bonchev–Trinajstić information content (AvgIpc) is 2.60. The molecule has 0 saturated carbocycles. The minimum atomic E-state index is -0.610. The highest BCUT2D eigenvalue weighted by molar-refractivity contribution is 6.30. The molecule has 6 heteroatoms. The van der Waals surface area contributed by atoms with Crippen LogP contribution in [0, 0.1) is 0 Å². The third kappa shape index (κ3) is 5.93. The quantitative estimate of drug-likeness (QED) is 0.779. The van der Waals surface area contributed by atoms with E-state index in [9.17, 15) is 9.59 Å². The maximum Gasteiger partial charge on any atom is 0.344 e. The van der Waals surface area contributed by atoms with Crippen molar-refractivity contribution in [3.05, 3.63) is 59.1 Å². The second-order valence-electron chi connectivity index (χ2n) is 5.00. The van der Waals surface area contributed by atoms with Gasteiger partial charge >= 0.3 is 5.97 Å². The third-order valence-corrected chi connectivity index (χ3v) is 3.43. The fourth-order valence-corrected chi connectivity index (χ4v) is 2.01. The second-order valence-corrected chi connectivity index (χ2v) is 5.44. The Balaban J connectivity index is 1.70. The van der Waals surface area contributed by atoms with Gasteiger partial charge in [0.1, 0.15) is 5.75 Å². The summed E-state index contributed by atoms with van der Waals surface area (Å²) in [5.41, 5.74) is 1.76. The summed E-state index contributed by atoms with van der Waals surface area (Å²) >= 11 is 5.76. The molecular weight excluding hydrogens is 330 g/mol. The fraction of sp³-hybridized carbons (Fsp3) is 0.222. The van der Waals surface area contributed by atoms with Crippen LogP contribution in [0.4, 0.5) is 5.69 Å². The zero-order valence-electron chi connectivity index (χ0n) is 13.3. The molecule has 0 aliphatic rings. The van der Waals surface area contributed by atoms with E-state index < -0.39 is 11.9 Å². The molecule has 0 aromatic heterocycles. The van der Waals surface area contributed by atoms with Crippen LogP contribution in [-0.2, 0) is 20.7 Å². The lowest BCUT2D eigenvalue weighted by Crippen LogP contribution is -2.23. The van der Waals surface area contributed by atoms with E-state index in [-0.39, 0.29) is 13.2 Å². The monoisotopic (exact) mass is 347 g/mol. The number of benzene rings is 2. The molecule has 0 aliphatic heterocycles. The molecule has 126 valence electrons. The maximum atomic E-state index is 11.7. The van der Waals surface area contributed by atoms with Gasteiger partial charge in [-0.05, 0) is 48.4 Å². The van der Waals surface area contributed by atoms with Crippen molar-refractivity contribution in [2.45, 2.75) is 13.3 Å². The van der Waals surface area contributed by atoms with Crippen LogP contribution >= 0.6 is 11.6 Å². The third-order valence-electron chi connectivity index (χ3n) is 3.18. The van der Waals surface area contributed by atoms with Crippen molar-refractivity contribution in [2.75, 3.05) is 18.5 Å². The molecule has 0 unspecified atom stereocenters. The van der Waals surface area contributed by atoms with Gasteiger partial charge in [-0.3, -0.25) is 4.79 Å². The van der Waals surface area contributed by atoms with Gasteiger partial charge in [0.15, 0.2) is 13.2 Å². The van der Waals surface area contributed by atoms with Crippen LogP contribution < -0.4 is 10.1 Å². The van der Waals surface area contributed by atoms with E-state index in [2.05, 4.69) is 12.2 Å². The molecule has 0 bridgehead atoms. The van der Waals surface area contributed by atoms with E-state index in [0.29, 0.717) is 16.5 Å². The van der Waals surface area contributed by atoms with Crippen molar-refractivity contribution < 1.29 is 19.1 Å². The fourth-order valence-electron chi connectivity index (χ4n) is 1.88. The molecule has 0 atom stereocenters. The number of halogens is 1. The van der Waals surface area contributed by atoms with Crippen molar-refractivity contribution in [1.29, 1.82) is 0 Å². The number of ether oxygens (including phenoxy) is 2. The first-order chi connectivity index (χ1) is 11.6. The largest absolute Gasteiger partial charge is 0.482 e. The Morgan fingerprint density at radius 3 is 2.29 bits per heavy atom. The predicted octanol–water partition coefficient (Wildman–Crippen LogP) is 3.46. The standard InChI is InChI=1S/C18H18ClNO4/c1-2-13-3-9-16(10-4-13)23-12-18(22)24-11-17(21)20-15-7-5-14(19)6-8-15/h3-10H,2,11-12H2,1H3,(H,20,21). The summed E-state index contributed by atoms with van der Waals surface area (Å²) in [4.78, 5) is 23.3. The Morgan fingerprint density at radius 1 is 1.00 bits per heavy atom. The van der Waals surface area contributed by atoms with Crippen LogP contribution in [0.1, 0.15) is 12.5 Å². The summed E-state index contributed by atoms with van der Waals surface area (Å²) in [6.45, 7) is 1.43. The van der Waals surface area contributed by atoms with E-state index in [0.717, 1.165) is 6.42 Å². The summed E-state index contributed by atoms with van der Waals surface area (Å²) in [6.07, 6.45) is 0.936. The predicted molar refractivity (Wildman–Crippen MR) is 92.4 cm³/mol. The molecule has 0 spiro atoms. The lowest BCUT2D eigenvalue weighted by Gasteiger charge is -2.08. The highest BCUT2D eigenvalue weighted by Gasteiger charge is 2.09. The molecule has 2 aromatic carbocycles. The second kappa shape index (κ2) is 8.93. The molecule has 1 N–H and O–H groups in total. The zero-order chi connectivity index (χ0) is 17.4. The van der Waals surface area contributed by atoms with E-state index in [4.69, 9.17) is 21.1 Å². The molecule has 2 aromatic rings. The van der Waals surface area contributed by atoms with Gasteiger partial charge < -0.3 is 14.8 Å². The average molecular weight is 348 g/mol. The first-order valence-corrected chi connectivity index (χ1v) is 7.87. The zero-order valence-corrected chi connectivity index (χ0v) is 14.0. The number of hydrogen-bond acceptors (Lipinski definition) is 4. The van der Waals surface area contributed by atoms with Crippen molar-refractivity contribution in [2.24, 2.45) is 0 Å². The molecule has 0 heterocycles. The van der Waals surface area contributed by atoms with E-state index >= 15 is 0 Å². The molecule has 5 nitrogen and oxygen atoms in total. The van der Waals surface area contributed by atoms with Crippen LogP contribution in [0.15, 0.2) is 48.5 Å². The smallest absolute Gasteiger partial charge is 0.344 e. The normalized spacial score (nSPS) is 10.1. The van der Waals surface area contributed by atoms with Gasteiger partial charge in [0, 0.05) is 10.7 Å². The molecule has 0 aliphatic carbocycles. The van der Waals surface area contributed by atoms with Crippen LogP contribution in [0.2, 0.25) is 5.02 Å². The van der Waals surface area contributed by atoms with Gasteiger partial charge in [-0.15, -0.1) is 0 Å². The molecular formula is C18H18ClNO4. The topological polar surface area (TPSA) is 64.6 Å². The summed E-state index contributed by atoms with van der Waals surface area (Å²) in [6, 6.07) is 14.1. The Morgan fingerprint density at radius 2 is 1.67 bits per heavy atom. The van der Waals surface area contributed by atoms with Crippen molar-refractivity contribution >= 4 is 29.2 Å². The van der Waals surface area contributed by atoms with Crippen LogP contribution in [0.5, 0.6) is 5.75 Å². The highest BCUT2D eigenvalue weighted by atomic mass is 35.5. The van der Waals surface area contributed by atoms with Crippen molar-refractivity contribution in [3.63, 3.8) is 0 Å². The van der Waals surface area contributed by atoms with E-state index in [1.54, 1.807) is 36.4 Å². The molecule has 0 saturated heterocycles. The summed E-state index contributed by atoms with van der Waals surface area (Å²) in [7, 11) is 0. The number of nitrogens with one attached hydrogen (secondary N) is 1. The van der Waals surface area contributed by atoms with Crippen molar-refractivity contribution in [1.82, 2.24) is 0 Å². The Bertz CT molecular complexity index is 683. The number of rotatable bonds is 7. The lowest BCUT2D eigenvalue weighted by atomic mass is 10.2. The molecule has 2 rings (SSSR count). The molecule has 1 amide bonds. The van der Waals surface area contributed by atoms with Crippen LogP contribution in [-0.4, -0.2) is 25.1 Å². The van der Waals surface area contributed by atoms with Gasteiger partial charge in [-0.1, -0.05) is 30.7 Å². The first-order valence-electron chi connectivity index (χ1n) is 7.49. The maximum absolute atomic E-state index is 11.7. The van der Waals surface area contributed by atoms with Gasteiger partial charge in [-0.2, -0.15) is 0 Å². The van der Waals surface area contributed by atoms with E-state index in [1.165, 1.54) is 5.56 Å². The van der Waals surface area contributed by atoms with Gasteiger partial charge in [-0.25, -0.2) is 4.79 Å². The number of esters is 1. The Kier molecular flexibility index (Phi) is 6.63. The van der Waals surface area contributed by atoms with Crippen LogP contribution in [0.3, 0.4) is 0 Å². The number of hydrogen-bond donors (Lipinski definition) is 1. The molecule has 0 radical (unpaired) electrons. The van der Waals surface area contributed by atoms with Gasteiger partial charge in [0.05, 0.1) is 0 Å². The number of anilines is 1. The summed E-state index contributed by atoms with van der Waals surface area (Å²) in [5, 5.41) is 3.17. The lowest BCUT2D eigenvalue weighted by molar-refractivity contribution is -0.149. The number of carbonyl (C=O) groups is 2. The van der Waals surface area contributed by atoms with Crippen LogP contribution in [0.25, 0.3) is 0 Å². The minimum absolute atomic E-state index is 0.250. The van der Waals surface area contributed by atoms with Gasteiger partial charge in [0.25, 0.3) is 5.91 Å². The van der Waals surface area contributed by atoms with Crippen molar-refractivity contribution in [3.8, 4) is 5.75 Å². The SMILES string of the molecule is CCc1ccc(OCC(=O)OCC(=O)Nc2ccc(Cl)cc2)cc1. The Labute approximate surface area is 145 Å². The van der Waals surface area contributed by atoms with Gasteiger partial charge in [0.2, 0.25) is 0 Å².